The molecule has 4 rings (SSSR count). The Morgan fingerprint density at radius 2 is 1.86 bits per heavy atom. The van der Waals surface area contributed by atoms with Crippen LogP contribution in [0.25, 0.3) is 0 Å². The van der Waals surface area contributed by atoms with Crippen LogP contribution in [0.4, 0.5) is 0 Å². The molecule has 0 aliphatic carbocycles. The van der Waals surface area contributed by atoms with Crippen molar-refractivity contribution < 1.29 is 33.8 Å². The van der Waals surface area contributed by atoms with Gasteiger partial charge in [0, 0.05) is 45.3 Å². The zero-order valence-corrected chi connectivity index (χ0v) is 19.5. The number of likely N-dealkylation sites (tertiary alicyclic amines) is 1. The molecule has 184 valence electrons. The third kappa shape index (κ3) is 5.79. The van der Waals surface area contributed by atoms with Crippen molar-refractivity contribution >= 4 is 23.6 Å². The first-order valence-corrected chi connectivity index (χ1v) is 11.6. The third-order valence-corrected chi connectivity index (χ3v) is 6.47. The van der Waals surface area contributed by atoms with Gasteiger partial charge in [0.2, 0.25) is 5.91 Å². The van der Waals surface area contributed by atoms with Crippen molar-refractivity contribution in [2.75, 3.05) is 19.7 Å². The van der Waals surface area contributed by atoms with Gasteiger partial charge in [-0.3, -0.25) is 14.4 Å². The minimum absolute atomic E-state index is 0.00487. The van der Waals surface area contributed by atoms with Crippen LogP contribution in [0.2, 0.25) is 0 Å². The standard InChI is InChI=1S/C26H28N2O7/c1-17(29)28-11-9-26(10-12-28)15-22(30)20-8-7-19(14-23(20)35-26)34-16-24(31)27-21(25(32)33)13-18-5-3-2-4-6-18/h2-8,14,21H,9-13,15-16H2,1H3,(H,27,31)(H,32,33). The van der Waals surface area contributed by atoms with Crippen molar-refractivity contribution in [2.24, 2.45) is 0 Å². The van der Waals surface area contributed by atoms with E-state index in [9.17, 15) is 24.3 Å². The van der Waals surface area contributed by atoms with Crippen LogP contribution in [0.3, 0.4) is 0 Å². The molecule has 35 heavy (non-hydrogen) atoms. The molecule has 1 spiro atoms. The molecule has 2 N–H and O–H groups in total. The molecule has 9 nitrogen and oxygen atoms in total. The number of aliphatic carboxylic acids is 1. The van der Waals surface area contributed by atoms with E-state index in [2.05, 4.69) is 5.32 Å². The molecular formula is C26H28N2O7. The van der Waals surface area contributed by atoms with Crippen molar-refractivity contribution in [3.63, 3.8) is 0 Å². The highest BCUT2D eigenvalue weighted by Crippen LogP contribution is 2.40. The van der Waals surface area contributed by atoms with Gasteiger partial charge in [0.05, 0.1) is 12.0 Å². The molecule has 0 aromatic heterocycles. The number of amides is 2. The van der Waals surface area contributed by atoms with Gasteiger partial charge < -0.3 is 24.8 Å². The first-order chi connectivity index (χ1) is 16.7. The number of Topliss-reactive ketones (excluding diaryl/α,β-unsaturated/α-hetero) is 1. The number of nitrogens with one attached hydrogen (secondary N) is 1. The predicted molar refractivity (Wildman–Crippen MR) is 125 cm³/mol. The van der Waals surface area contributed by atoms with E-state index in [1.54, 1.807) is 47.4 Å². The number of piperidine rings is 1. The van der Waals surface area contributed by atoms with E-state index in [0.717, 1.165) is 5.56 Å². The molecule has 0 bridgehead atoms. The quantitative estimate of drug-likeness (QED) is 0.623. The van der Waals surface area contributed by atoms with E-state index in [4.69, 9.17) is 9.47 Å². The molecule has 9 heteroatoms. The summed E-state index contributed by atoms with van der Waals surface area (Å²) in [6.07, 6.45) is 1.53. The molecule has 1 saturated heterocycles. The van der Waals surface area contributed by atoms with E-state index < -0.39 is 23.5 Å². The highest BCUT2D eigenvalue weighted by molar-refractivity contribution is 6.00. The number of carbonyl (C=O) groups excluding carboxylic acids is 3. The van der Waals surface area contributed by atoms with Crippen molar-refractivity contribution in [3.8, 4) is 11.5 Å². The molecular weight excluding hydrogens is 452 g/mol. The van der Waals surface area contributed by atoms with Gasteiger partial charge in [0.1, 0.15) is 23.1 Å². The number of hydrogen-bond donors (Lipinski definition) is 2. The molecule has 1 fully saturated rings. The van der Waals surface area contributed by atoms with Gasteiger partial charge in [-0.2, -0.15) is 0 Å². The summed E-state index contributed by atoms with van der Waals surface area (Å²) in [7, 11) is 0. The molecule has 0 saturated carbocycles. The minimum atomic E-state index is -1.14. The number of fused-ring (bicyclic) bond motifs is 1. The number of carboxylic acid groups (broad SMARTS) is 1. The van der Waals surface area contributed by atoms with Crippen LogP contribution in [-0.2, 0) is 20.8 Å². The third-order valence-electron chi connectivity index (χ3n) is 6.47. The monoisotopic (exact) mass is 480 g/mol. The van der Waals surface area contributed by atoms with Crippen LogP contribution in [-0.4, -0.2) is 64.9 Å². The Kier molecular flexibility index (Phi) is 7.04. The first-order valence-electron chi connectivity index (χ1n) is 11.6. The summed E-state index contributed by atoms with van der Waals surface area (Å²) >= 11 is 0. The zero-order chi connectivity index (χ0) is 25.0. The summed E-state index contributed by atoms with van der Waals surface area (Å²) in [5.41, 5.74) is 0.592. The lowest BCUT2D eigenvalue weighted by atomic mass is 9.82. The van der Waals surface area contributed by atoms with Crippen LogP contribution in [0.1, 0.15) is 42.1 Å². The Balaban J connectivity index is 1.37. The van der Waals surface area contributed by atoms with E-state index in [-0.39, 0.29) is 31.1 Å². The number of benzene rings is 2. The number of carboxylic acids is 1. The molecule has 2 aliphatic rings. The van der Waals surface area contributed by atoms with Crippen LogP contribution < -0.4 is 14.8 Å². The molecule has 2 amide bonds. The van der Waals surface area contributed by atoms with Gasteiger partial charge in [-0.1, -0.05) is 30.3 Å². The Morgan fingerprint density at radius 3 is 2.51 bits per heavy atom. The maximum absolute atomic E-state index is 12.8. The maximum atomic E-state index is 12.8. The minimum Gasteiger partial charge on any atom is -0.486 e. The van der Waals surface area contributed by atoms with Crippen LogP contribution >= 0.6 is 0 Å². The SMILES string of the molecule is CC(=O)N1CCC2(CC1)CC(=O)c1ccc(OCC(=O)NC(Cc3ccccc3)C(=O)O)cc1O2. The predicted octanol–water partition coefficient (Wildman–Crippen LogP) is 2.22. The van der Waals surface area contributed by atoms with Gasteiger partial charge in [-0.15, -0.1) is 0 Å². The van der Waals surface area contributed by atoms with Gasteiger partial charge in [-0.25, -0.2) is 4.79 Å². The fourth-order valence-corrected chi connectivity index (χ4v) is 4.51. The molecule has 1 unspecified atom stereocenters. The van der Waals surface area contributed by atoms with Crippen molar-refractivity contribution in [3.05, 3.63) is 59.7 Å². The summed E-state index contributed by atoms with van der Waals surface area (Å²) < 4.78 is 11.8. The topological polar surface area (TPSA) is 122 Å². The van der Waals surface area contributed by atoms with E-state index >= 15 is 0 Å². The average molecular weight is 481 g/mol. The first kappa shape index (κ1) is 24.3. The fourth-order valence-electron chi connectivity index (χ4n) is 4.51. The smallest absolute Gasteiger partial charge is 0.326 e. The van der Waals surface area contributed by atoms with Gasteiger partial charge in [0.15, 0.2) is 12.4 Å². The number of carbonyl (C=O) groups is 4. The summed E-state index contributed by atoms with van der Waals surface area (Å²) in [5.74, 6) is -1.01. The lowest BCUT2D eigenvalue weighted by molar-refractivity contribution is -0.142. The molecule has 1 atom stereocenters. The molecule has 0 radical (unpaired) electrons. The Hall–Kier alpha value is -3.88. The summed E-state index contributed by atoms with van der Waals surface area (Å²) in [4.78, 5) is 50.1. The van der Waals surface area contributed by atoms with E-state index in [1.807, 2.05) is 6.07 Å². The van der Waals surface area contributed by atoms with Crippen molar-refractivity contribution in [1.29, 1.82) is 0 Å². The summed E-state index contributed by atoms with van der Waals surface area (Å²) in [6.45, 7) is 2.20. The maximum Gasteiger partial charge on any atom is 0.326 e. The second kappa shape index (κ2) is 10.2. The van der Waals surface area contributed by atoms with Gasteiger partial charge in [0.25, 0.3) is 5.91 Å². The van der Waals surface area contributed by atoms with Gasteiger partial charge in [-0.05, 0) is 17.7 Å². The van der Waals surface area contributed by atoms with Crippen LogP contribution in [0.15, 0.2) is 48.5 Å². The zero-order valence-electron chi connectivity index (χ0n) is 19.5. The lowest BCUT2D eigenvalue weighted by Crippen LogP contribution is -2.51. The number of rotatable bonds is 7. The Bertz CT molecular complexity index is 1120. The number of nitrogens with zero attached hydrogens (tertiary/aromatic N) is 1. The Labute approximate surface area is 203 Å². The lowest BCUT2D eigenvalue weighted by Gasteiger charge is -2.43. The van der Waals surface area contributed by atoms with Crippen molar-refractivity contribution in [1.82, 2.24) is 10.2 Å². The highest BCUT2D eigenvalue weighted by Gasteiger charge is 2.43. The molecule has 2 aromatic carbocycles. The fraction of sp³-hybridized carbons (Fsp3) is 0.385. The normalized spacial score (nSPS) is 17.2. The molecule has 2 aromatic rings. The second-order valence-corrected chi connectivity index (χ2v) is 8.99. The van der Waals surface area contributed by atoms with Crippen LogP contribution in [0.5, 0.6) is 11.5 Å². The summed E-state index contributed by atoms with van der Waals surface area (Å²) in [6, 6.07) is 12.7. The second-order valence-electron chi connectivity index (χ2n) is 8.99. The highest BCUT2D eigenvalue weighted by atomic mass is 16.5. The number of hydrogen-bond acceptors (Lipinski definition) is 6. The largest absolute Gasteiger partial charge is 0.486 e. The van der Waals surface area contributed by atoms with Crippen LogP contribution in [0, 0.1) is 0 Å². The van der Waals surface area contributed by atoms with Crippen molar-refractivity contribution in [2.45, 2.75) is 44.2 Å². The molecule has 2 aliphatic heterocycles. The number of ether oxygens (including phenoxy) is 2. The van der Waals surface area contributed by atoms with E-state index in [1.165, 1.54) is 6.92 Å². The summed E-state index contributed by atoms with van der Waals surface area (Å²) in [5, 5.41) is 12.0. The van der Waals surface area contributed by atoms with Gasteiger partial charge >= 0.3 is 5.97 Å². The average Bonchev–Trinajstić information content (AvgIpc) is 2.83. The van der Waals surface area contributed by atoms with E-state index in [0.29, 0.717) is 43.0 Å². The molecule has 2 heterocycles. The Morgan fingerprint density at radius 1 is 1.14 bits per heavy atom. The number of ketones is 1.